The molecule has 0 bridgehead atoms. The van der Waals surface area contributed by atoms with Crippen LogP contribution in [0.2, 0.25) is 5.02 Å². The highest BCUT2D eigenvalue weighted by molar-refractivity contribution is 6.31. The molecule has 1 aliphatic heterocycles. The van der Waals surface area contributed by atoms with Gasteiger partial charge in [-0.1, -0.05) is 17.7 Å². The molecule has 0 aliphatic carbocycles. The van der Waals surface area contributed by atoms with Gasteiger partial charge in [-0.05, 0) is 36.8 Å². The Morgan fingerprint density at radius 1 is 1.27 bits per heavy atom. The Hall–Kier alpha value is -2.93. The van der Waals surface area contributed by atoms with E-state index in [-0.39, 0.29) is 30.3 Å². The van der Waals surface area contributed by atoms with Gasteiger partial charge in [0, 0.05) is 35.8 Å². The van der Waals surface area contributed by atoms with Gasteiger partial charge in [-0.3, -0.25) is 19.7 Å². The summed E-state index contributed by atoms with van der Waals surface area (Å²) in [6.07, 6.45) is 0.0395. The number of rotatable bonds is 4. The molecule has 1 fully saturated rings. The first-order valence-electron chi connectivity index (χ1n) is 7.88. The van der Waals surface area contributed by atoms with E-state index in [0.717, 1.165) is 5.56 Å². The number of ether oxygens (including phenoxy) is 1. The van der Waals surface area contributed by atoms with Crippen LogP contribution in [0.4, 0.5) is 11.4 Å². The van der Waals surface area contributed by atoms with Gasteiger partial charge in [0.2, 0.25) is 5.91 Å². The number of nitrogens with zero attached hydrogens (tertiary/aromatic N) is 2. The van der Waals surface area contributed by atoms with Crippen molar-refractivity contribution in [2.45, 2.75) is 13.3 Å². The summed E-state index contributed by atoms with van der Waals surface area (Å²) in [5, 5.41) is 11.2. The zero-order valence-corrected chi connectivity index (χ0v) is 14.6. The summed E-state index contributed by atoms with van der Waals surface area (Å²) in [5.74, 6) is -1.14. The number of hydrogen-bond donors (Lipinski definition) is 0. The first-order chi connectivity index (χ1) is 12.4. The number of nitro groups is 1. The zero-order chi connectivity index (χ0) is 18.8. The fourth-order valence-corrected chi connectivity index (χ4v) is 2.99. The van der Waals surface area contributed by atoms with Gasteiger partial charge in [0.15, 0.2) is 0 Å². The van der Waals surface area contributed by atoms with E-state index >= 15 is 0 Å². The number of anilines is 1. The summed E-state index contributed by atoms with van der Waals surface area (Å²) in [5.41, 5.74) is 1.35. The number of amides is 1. The molecule has 2 aromatic rings. The maximum absolute atomic E-state index is 12.3. The van der Waals surface area contributed by atoms with Gasteiger partial charge in [-0.25, -0.2) is 0 Å². The molecule has 1 amide bonds. The fourth-order valence-electron chi connectivity index (χ4n) is 2.82. The van der Waals surface area contributed by atoms with Crippen LogP contribution in [0.15, 0.2) is 42.5 Å². The van der Waals surface area contributed by atoms with Crippen molar-refractivity contribution < 1.29 is 19.2 Å². The van der Waals surface area contributed by atoms with Crippen molar-refractivity contribution in [1.82, 2.24) is 0 Å². The Labute approximate surface area is 154 Å². The molecule has 134 valence electrons. The van der Waals surface area contributed by atoms with Crippen LogP contribution in [-0.4, -0.2) is 23.3 Å². The van der Waals surface area contributed by atoms with E-state index in [9.17, 15) is 19.7 Å². The Morgan fingerprint density at radius 2 is 1.96 bits per heavy atom. The second-order valence-electron chi connectivity index (χ2n) is 5.96. The lowest BCUT2D eigenvalue weighted by molar-refractivity contribution is -0.384. The first-order valence-corrected chi connectivity index (χ1v) is 8.26. The molecule has 3 rings (SSSR count). The van der Waals surface area contributed by atoms with E-state index in [1.165, 1.54) is 29.2 Å². The van der Waals surface area contributed by atoms with Crippen molar-refractivity contribution in [2.24, 2.45) is 5.92 Å². The fraction of sp³-hybridized carbons (Fsp3) is 0.222. The minimum Gasteiger partial charge on any atom is -0.426 e. The Morgan fingerprint density at radius 3 is 2.62 bits per heavy atom. The highest BCUT2D eigenvalue weighted by Gasteiger charge is 2.37. The summed E-state index contributed by atoms with van der Waals surface area (Å²) in [7, 11) is 0. The van der Waals surface area contributed by atoms with Gasteiger partial charge in [0.05, 0.1) is 10.8 Å². The van der Waals surface area contributed by atoms with Crippen molar-refractivity contribution in [3.8, 4) is 5.75 Å². The van der Waals surface area contributed by atoms with Crippen LogP contribution in [0.3, 0.4) is 0 Å². The molecule has 1 aliphatic rings. The molecule has 0 unspecified atom stereocenters. The molecule has 8 heteroatoms. The molecule has 1 saturated heterocycles. The molecule has 0 aromatic heterocycles. The van der Waals surface area contributed by atoms with Crippen molar-refractivity contribution in [3.05, 3.63) is 63.2 Å². The minimum absolute atomic E-state index is 0.0395. The number of carbonyl (C=O) groups is 2. The Kier molecular flexibility index (Phi) is 4.90. The predicted octanol–water partition coefficient (Wildman–Crippen LogP) is 3.52. The highest BCUT2D eigenvalue weighted by Crippen LogP contribution is 2.32. The lowest BCUT2D eigenvalue weighted by Crippen LogP contribution is -2.27. The van der Waals surface area contributed by atoms with Crippen LogP contribution in [-0.2, 0) is 9.59 Å². The van der Waals surface area contributed by atoms with Crippen LogP contribution in [0, 0.1) is 23.0 Å². The zero-order valence-electron chi connectivity index (χ0n) is 13.8. The van der Waals surface area contributed by atoms with Crippen LogP contribution in [0.1, 0.15) is 12.0 Å². The van der Waals surface area contributed by atoms with Crippen molar-refractivity contribution in [3.63, 3.8) is 0 Å². The van der Waals surface area contributed by atoms with E-state index in [0.29, 0.717) is 10.7 Å². The molecule has 1 heterocycles. The third kappa shape index (κ3) is 3.52. The highest BCUT2D eigenvalue weighted by atomic mass is 35.5. The van der Waals surface area contributed by atoms with Crippen molar-refractivity contribution in [1.29, 1.82) is 0 Å². The molecular formula is C18H15ClN2O5. The third-order valence-electron chi connectivity index (χ3n) is 4.25. The topological polar surface area (TPSA) is 89.8 Å². The van der Waals surface area contributed by atoms with Crippen LogP contribution in [0.5, 0.6) is 5.75 Å². The summed E-state index contributed by atoms with van der Waals surface area (Å²) in [6, 6.07) is 10.5. The molecule has 0 spiro atoms. The molecular weight excluding hydrogens is 360 g/mol. The standard InChI is InChI=1S/C18H15ClN2O5/c1-11-15(19)3-2-4-16(11)20-10-12(9-17(20)22)18(23)26-14-7-5-13(6-8-14)21(24)25/h2-8,12H,9-10H2,1H3/t12-/m1/s1. The van der Waals surface area contributed by atoms with Crippen LogP contribution < -0.4 is 9.64 Å². The quantitative estimate of drug-likeness (QED) is 0.353. The maximum atomic E-state index is 12.3. The second kappa shape index (κ2) is 7.13. The number of halogens is 1. The average molecular weight is 375 g/mol. The average Bonchev–Trinajstić information content (AvgIpc) is 2.99. The van der Waals surface area contributed by atoms with E-state index in [1.54, 1.807) is 18.2 Å². The van der Waals surface area contributed by atoms with Gasteiger partial charge >= 0.3 is 5.97 Å². The summed E-state index contributed by atoms with van der Waals surface area (Å²) >= 11 is 6.10. The third-order valence-corrected chi connectivity index (χ3v) is 4.66. The van der Waals surface area contributed by atoms with Gasteiger partial charge in [-0.15, -0.1) is 0 Å². The molecule has 7 nitrogen and oxygen atoms in total. The van der Waals surface area contributed by atoms with Gasteiger partial charge in [0.1, 0.15) is 5.75 Å². The number of non-ortho nitro benzene ring substituents is 1. The Balaban J connectivity index is 1.71. The largest absolute Gasteiger partial charge is 0.426 e. The van der Waals surface area contributed by atoms with Crippen molar-refractivity contribution in [2.75, 3.05) is 11.4 Å². The van der Waals surface area contributed by atoms with Crippen LogP contribution in [0.25, 0.3) is 0 Å². The summed E-state index contributed by atoms with van der Waals surface area (Å²) < 4.78 is 5.25. The molecule has 26 heavy (non-hydrogen) atoms. The number of hydrogen-bond acceptors (Lipinski definition) is 5. The second-order valence-corrected chi connectivity index (χ2v) is 6.37. The van der Waals surface area contributed by atoms with E-state index in [2.05, 4.69) is 0 Å². The monoisotopic (exact) mass is 374 g/mol. The number of benzene rings is 2. The lowest BCUT2D eigenvalue weighted by atomic mass is 10.1. The van der Waals surface area contributed by atoms with Gasteiger partial charge < -0.3 is 9.64 Å². The van der Waals surface area contributed by atoms with E-state index in [4.69, 9.17) is 16.3 Å². The molecule has 0 N–H and O–H groups in total. The van der Waals surface area contributed by atoms with Gasteiger partial charge in [0.25, 0.3) is 5.69 Å². The molecule has 0 saturated carbocycles. The number of carbonyl (C=O) groups excluding carboxylic acids is 2. The predicted molar refractivity (Wildman–Crippen MR) is 95.4 cm³/mol. The first kappa shape index (κ1) is 17.9. The lowest BCUT2D eigenvalue weighted by Gasteiger charge is -2.19. The van der Waals surface area contributed by atoms with E-state index in [1.807, 2.05) is 6.92 Å². The summed E-state index contributed by atoms with van der Waals surface area (Å²) in [6.45, 7) is 2.01. The molecule has 1 atom stereocenters. The summed E-state index contributed by atoms with van der Waals surface area (Å²) in [4.78, 5) is 36.3. The van der Waals surface area contributed by atoms with E-state index < -0.39 is 16.8 Å². The molecule has 2 aromatic carbocycles. The van der Waals surface area contributed by atoms with Crippen LogP contribution >= 0.6 is 11.6 Å². The molecule has 0 radical (unpaired) electrons. The number of esters is 1. The van der Waals surface area contributed by atoms with Crippen molar-refractivity contribution >= 4 is 34.9 Å². The number of nitro benzene ring substituents is 1. The smallest absolute Gasteiger partial charge is 0.316 e. The SMILES string of the molecule is Cc1c(Cl)cccc1N1C[C@H](C(=O)Oc2ccc([N+](=O)[O-])cc2)CC1=O. The normalized spacial score (nSPS) is 16.6. The van der Waals surface area contributed by atoms with Gasteiger partial charge in [-0.2, -0.15) is 0 Å². The minimum atomic E-state index is -0.615. The maximum Gasteiger partial charge on any atom is 0.316 e. The Bertz CT molecular complexity index is 882.